The molecule has 1 aromatic heterocycles. The molecule has 2 aliphatic rings. The highest BCUT2D eigenvalue weighted by atomic mass is 32.1. The number of fused-ring (bicyclic) bond motifs is 1. The van der Waals surface area contributed by atoms with E-state index in [0.717, 1.165) is 13.0 Å². The van der Waals surface area contributed by atoms with Crippen molar-refractivity contribution >= 4 is 17.3 Å². The molecule has 1 aliphatic carbocycles. The Balaban J connectivity index is 1.63. The Morgan fingerprint density at radius 3 is 2.86 bits per heavy atom. The highest BCUT2D eigenvalue weighted by Crippen LogP contribution is 2.37. The van der Waals surface area contributed by atoms with E-state index in [-0.39, 0.29) is 5.92 Å². The summed E-state index contributed by atoms with van der Waals surface area (Å²) in [5, 5.41) is 22.0. The van der Waals surface area contributed by atoms with Crippen molar-refractivity contribution in [3.05, 3.63) is 21.9 Å². The van der Waals surface area contributed by atoms with E-state index >= 15 is 0 Å². The Morgan fingerprint density at radius 1 is 1.48 bits per heavy atom. The molecule has 0 saturated heterocycles. The third-order valence-electron chi connectivity index (χ3n) is 5.17. The summed E-state index contributed by atoms with van der Waals surface area (Å²) in [4.78, 5) is 14.9. The van der Waals surface area contributed by atoms with Crippen molar-refractivity contribution in [2.24, 2.45) is 5.92 Å². The minimum Gasteiger partial charge on any atom is -0.481 e. The molecule has 2 N–H and O–H groups in total. The fraction of sp³-hybridized carbons (Fsp3) is 0.688. The second-order valence-electron chi connectivity index (χ2n) is 6.53. The monoisotopic (exact) mass is 309 g/mol. The van der Waals surface area contributed by atoms with Crippen LogP contribution in [0, 0.1) is 5.92 Å². The van der Waals surface area contributed by atoms with Gasteiger partial charge in [0.05, 0.1) is 11.5 Å². The van der Waals surface area contributed by atoms with Gasteiger partial charge in [-0.15, -0.1) is 11.3 Å². The number of carboxylic acids is 1. The molecule has 0 aromatic carbocycles. The summed E-state index contributed by atoms with van der Waals surface area (Å²) >= 11 is 1.83. The smallest absolute Gasteiger partial charge is 0.306 e. The number of carbonyl (C=O) groups is 1. The summed E-state index contributed by atoms with van der Waals surface area (Å²) < 4.78 is 0. The third kappa shape index (κ3) is 3.00. The second-order valence-corrected chi connectivity index (χ2v) is 7.53. The minimum atomic E-state index is -0.716. The van der Waals surface area contributed by atoms with Crippen LogP contribution in [0.5, 0.6) is 0 Å². The molecular weight excluding hydrogens is 286 g/mol. The number of aliphatic hydroxyl groups is 1. The Morgan fingerprint density at radius 2 is 2.19 bits per heavy atom. The molecule has 0 amide bonds. The quantitative estimate of drug-likeness (QED) is 0.901. The van der Waals surface area contributed by atoms with Crippen LogP contribution in [0.4, 0.5) is 0 Å². The Bertz CT molecular complexity index is 519. The van der Waals surface area contributed by atoms with Gasteiger partial charge in [0.1, 0.15) is 0 Å². The van der Waals surface area contributed by atoms with Gasteiger partial charge in [-0.05, 0) is 56.0 Å². The van der Waals surface area contributed by atoms with Crippen LogP contribution in [-0.2, 0) is 11.2 Å². The summed E-state index contributed by atoms with van der Waals surface area (Å²) in [7, 11) is 0. The first-order valence-corrected chi connectivity index (χ1v) is 8.62. The molecule has 0 radical (unpaired) electrons. The summed E-state index contributed by atoms with van der Waals surface area (Å²) in [6.07, 6.45) is 3.45. The molecule has 1 unspecified atom stereocenters. The summed E-state index contributed by atoms with van der Waals surface area (Å²) in [5.74, 6) is -0.987. The van der Waals surface area contributed by atoms with Gasteiger partial charge in [-0.3, -0.25) is 9.69 Å². The van der Waals surface area contributed by atoms with Gasteiger partial charge in [-0.1, -0.05) is 0 Å². The Labute approximate surface area is 129 Å². The first-order valence-electron chi connectivity index (χ1n) is 7.74. The number of carboxylic acid groups (broad SMARTS) is 1. The van der Waals surface area contributed by atoms with Gasteiger partial charge in [-0.25, -0.2) is 0 Å². The maximum absolute atomic E-state index is 11.0. The summed E-state index contributed by atoms with van der Waals surface area (Å²) in [5.41, 5.74) is 0.683. The lowest BCUT2D eigenvalue weighted by Gasteiger charge is -2.42. The number of aliphatic carboxylic acids is 1. The molecule has 2 heterocycles. The molecule has 1 aliphatic heterocycles. The topological polar surface area (TPSA) is 60.8 Å². The molecule has 4 nitrogen and oxygen atoms in total. The summed E-state index contributed by atoms with van der Waals surface area (Å²) in [6.45, 7) is 3.85. The van der Waals surface area contributed by atoms with Crippen LogP contribution in [0.25, 0.3) is 0 Å². The number of rotatable bonds is 3. The highest BCUT2D eigenvalue weighted by molar-refractivity contribution is 7.10. The van der Waals surface area contributed by atoms with Gasteiger partial charge in [-0.2, -0.15) is 0 Å². The van der Waals surface area contributed by atoms with E-state index in [1.54, 1.807) is 0 Å². The zero-order valence-corrected chi connectivity index (χ0v) is 13.2. The van der Waals surface area contributed by atoms with Gasteiger partial charge < -0.3 is 10.2 Å². The van der Waals surface area contributed by atoms with Crippen molar-refractivity contribution in [1.29, 1.82) is 0 Å². The molecule has 1 aromatic rings. The SMILES string of the molecule is CC1c2ccsc2CCN1CC1(O)CCC(C(=O)O)CC1. The molecule has 5 heteroatoms. The van der Waals surface area contributed by atoms with Gasteiger partial charge >= 0.3 is 5.97 Å². The largest absolute Gasteiger partial charge is 0.481 e. The van der Waals surface area contributed by atoms with Crippen LogP contribution in [-0.4, -0.2) is 39.8 Å². The van der Waals surface area contributed by atoms with E-state index < -0.39 is 11.6 Å². The number of nitrogens with zero attached hydrogens (tertiary/aromatic N) is 1. The van der Waals surface area contributed by atoms with E-state index in [4.69, 9.17) is 5.11 Å². The standard InChI is InChI=1S/C16H23NO3S/c1-11-13-5-9-21-14(13)4-8-17(11)10-16(20)6-2-12(3-7-16)15(18)19/h5,9,11-12,20H,2-4,6-8,10H2,1H3,(H,18,19). The maximum Gasteiger partial charge on any atom is 0.306 e. The maximum atomic E-state index is 11.0. The molecule has 3 rings (SSSR count). The van der Waals surface area contributed by atoms with Gasteiger partial charge in [0.15, 0.2) is 0 Å². The van der Waals surface area contributed by atoms with E-state index in [1.807, 2.05) is 11.3 Å². The van der Waals surface area contributed by atoms with Crippen molar-refractivity contribution in [2.45, 2.75) is 50.7 Å². The van der Waals surface area contributed by atoms with E-state index in [2.05, 4.69) is 23.3 Å². The van der Waals surface area contributed by atoms with Gasteiger partial charge in [0.25, 0.3) is 0 Å². The van der Waals surface area contributed by atoms with Crippen molar-refractivity contribution in [2.75, 3.05) is 13.1 Å². The average molecular weight is 309 g/mol. The van der Waals surface area contributed by atoms with Crippen LogP contribution in [0.15, 0.2) is 11.4 Å². The van der Waals surface area contributed by atoms with E-state index in [0.29, 0.717) is 38.3 Å². The molecule has 1 fully saturated rings. The van der Waals surface area contributed by atoms with Crippen LogP contribution in [0.1, 0.15) is 49.1 Å². The molecule has 1 saturated carbocycles. The lowest BCUT2D eigenvalue weighted by Crippen LogP contribution is -2.48. The first-order chi connectivity index (χ1) is 9.98. The first kappa shape index (κ1) is 15.0. The van der Waals surface area contributed by atoms with Crippen LogP contribution >= 0.6 is 11.3 Å². The number of β-amino-alcohol motifs (C(OH)–C–C–N with tert-alkyl or cyclic N) is 1. The zero-order valence-electron chi connectivity index (χ0n) is 12.4. The number of hydrogen-bond donors (Lipinski definition) is 2. The fourth-order valence-electron chi connectivity index (χ4n) is 3.72. The predicted molar refractivity (Wildman–Crippen MR) is 82.6 cm³/mol. The lowest BCUT2D eigenvalue weighted by atomic mass is 9.78. The lowest BCUT2D eigenvalue weighted by molar-refractivity contribution is -0.145. The predicted octanol–water partition coefficient (Wildman–Crippen LogP) is 2.67. The van der Waals surface area contributed by atoms with Crippen molar-refractivity contribution in [1.82, 2.24) is 4.90 Å². The third-order valence-corrected chi connectivity index (χ3v) is 6.16. The molecular formula is C16H23NO3S. The van der Waals surface area contributed by atoms with Crippen LogP contribution in [0.3, 0.4) is 0 Å². The van der Waals surface area contributed by atoms with E-state index in [1.165, 1.54) is 10.4 Å². The number of thiophene rings is 1. The van der Waals surface area contributed by atoms with Gasteiger partial charge in [0.2, 0.25) is 0 Å². The van der Waals surface area contributed by atoms with E-state index in [9.17, 15) is 9.90 Å². The molecule has 0 bridgehead atoms. The average Bonchev–Trinajstić information content (AvgIpc) is 2.91. The second kappa shape index (κ2) is 5.71. The van der Waals surface area contributed by atoms with Crippen molar-refractivity contribution < 1.29 is 15.0 Å². The van der Waals surface area contributed by atoms with Gasteiger partial charge in [0, 0.05) is 24.0 Å². The summed E-state index contributed by atoms with van der Waals surface area (Å²) in [6, 6.07) is 2.54. The normalized spacial score (nSPS) is 33.6. The number of hydrogen-bond acceptors (Lipinski definition) is 4. The van der Waals surface area contributed by atoms with Crippen molar-refractivity contribution in [3.63, 3.8) is 0 Å². The Hall–Kier alpha value is -0.910. The van der Waals surface area contributed by atoms with Crippen LogP contribution < -0.4 is 0 Å². The molecule has 0 spiro atoms. The molecule has 1 atom stereocenters. The fourth-order valence-corrected chi connectivity index (χ4v) is 4.68. The minimum absolute atomic E-state index is 0.271. The highest BCUT2D eigenvalue weighted by Gasteiger charge is 2.38. The van der Waals surface area contributed by atoms with Crippen LogP contribution in [0.2, 0.25) is 0 Å². The molecule has 21 heavy (non-hydrogen) atoms. The molecule has 116 valence electrons. The van der Waals surface area contributed by atoms with Crippen molar-refractivity contribution in [3.8, 4) is 0 Å². The Kier molecular flexibility index (Phi) is 4.08. The zero-order chi connectivity index (χ0) is 15.0.